The Hall–Kier alpha value is -1.39. The Labute approximate surface area is 127 Å². The fraction of sp³-hybridized carbons (Fsp3) is 0.588. The van der Waals surface area contributed by atoms with Crippen LogP contribution in [0, 0.1) is 0 Å². The summed E-state index contributed by atoms with van der Waals surface area (Å²) in [6, 6.07) is 10.5. The van der Waals surface area contributed by atoms with Crippen LogP contribution >= 0.6 is 0 Å². The summed E-state index contributed by atoms with van der Waals surface area (Å²) in [6.45, 7) is 4.97. The molecule has 116 valence electrons. The van der Waals surface area contributed by atoms with E-state index in [0.29, 0.717) is 13.2 Å². The lowest BCUT2D eigenvalue weighted by atomic mass is 9.76. The monoisotopic (exact) mass is 291 g/mol. The van der Waals surface area contributed by atoms with Crippen molar-refractivity contribution in [3.05, 3.63) is 35.9 Å². The third kappa shape index (κ3) is 4.29. The molecule has 0 N–H and O–H groups in total. The molecule has 0 spiro atoms. The van der Waals surface area contributed by atoms with Crippen molar-refractivity contribution in [3.63, 3.8) is 0 Å². The summed E-state index contributed by atoms with van der Waals surface area (Å²) in [5.74, 6) is 0.0768. The summed E-state index contributed by atoms with van der Waals surface area (Å²) in [5.41, 5.74) is 1.35. The summed E-state index contributed by atoms with van der Waals surface area (Å²) in [7, 11) is 1.63. The Kier molecular flexibility index (Phi) is 5.76. The average Bonchev–Trinajstić information content (AvgIpc) is 2.52. The molecule has 1 saturated heterocycles. The SMILES string of the molecule is COCCOCC(=O)N1CCCC(C)(c2ccccc2)C1. The summed E-state index contributed by atoms with van der Waals surface area (Å²) >= 11 is 0. The van der Waals surface area contributed by atoms with Crippen molar-refractivity contribution in [1.82, 2.24) is 4.90 Å². The number of nitrogens with zero attached hydrogens (tertiary/aromatic N) is 1. The Bertz CT molecular complexity index is 449. The lowest BCUT2D eigenvalue weighted by Crippen LogP contribution is -2.48. The van der Waals surface area contributed by atoms with E-state index in [2.05, 4.69) is 31.2 Å². The normalized spacial score (nSPS) is 22.3. The minimum absolute atomic E-state index is 0.0434. The van der Waals surface area contributed by atoms with E-state index in [9.17, 15) is 4.79 Å². The third-order valence-electron chi connectivity index (χ3n) is 4.18. The highest BCUT2D eigenvalue weighted by atomic mass is 16.5. The minimum Gasteiger partial charge on any atom is -0.382 e. The Morgan fingerprint density at radius 3 is 2.76 bits per heavy atom. The quantitative estimate of drug-likeness (QED) is 0.755. The van der Waals surface area contributed by atoms with Crippen LogP contribution in [0.5, 0.6) is 0 Å². The number of hydrogen-bond donors (Lipinski definition) is 0. The summed E-state index contributed by atoms with van der Waals surface area (Å²) < 4.78 is 10.3. The smallest absolute Gasteiger partial charge is 0.248 e. The van der Waals surface area contributed by atoms with Crippen LogP contribution in [0.25, 0.3) is 0 Å². The topological polar surface area (TPSA) is 38.8 Å². The molecule has 2 rings (SSSR count). The van der Waals surface area contributed by atoms with Gasteiger partial charge in [-0.05, 0) is 18.4 Å². The predicted molar refractivity (Wildman–Crippen MR) is 82.3 cm³/mol. The second kappa shape index (κ2) is 7.57. The average molecular weight is 291 g/mol. The second-order valence-corrected chi connectivity index (χ2v) is 5.89. The number of likely N-dealkylation sites (tertiary alicyclic amines) is 1. The van der Waals surface area contributed by atoms with Crippen molar-refractivity contribution in [2.75, 3.05) is 40.0 Å². The Morgan fingerprint density at radius 2 is 2.05 bits per heavy atom. The molecule has 1 atom stereocenters. The maximum Gasteiger partial charge on any atom is 0.248 e. The zero-order valence-electron chi connectivity index (χ0n) is 13.0. The molecule has 1 unspecified atom stereocenters. The number of ether oxygens (including phenoxy) is 2. The van der Waals surface area contributed by atoms with Crippen molar-refractivity contribution in [2.45, 2.75) is 25.2 Å². The van der Waals surface area contributed by atoms with Gasteiger partial charge in [-0.3, -0.25) is 4.79 Å². The van der Waals surface area contributed by atoms with E-state index in [1.54, 1.807) is 7.11 Å². The number of hydrogen-bond acceptors (Lipinski definition) is 3. The molecular weight excluding hydrogens is 266 g/mol. The zero-order valence-corrected chi connectivity index (χ0v) is 13.0. The fourth-order valence-corrected chi connectivity index (χ4v) is 2.92. The van der Waals surface area contributed by atoms with Gasteiger partial charge in [0.25, 0.3) is 0 Å². The molecule has 0 saturated carbocycles. The van der Waals surface area contributed by atoms with E-state index < -0.39 is 0 Å². The number of methoxy groups -OCH3 is 1. The van der Waals surface area contributed by atoms with Crippen LogP contribution in [0.2, 0.25) is 0 Å². The fourth-order valence-electron chi connectivity index (χ4n) is 2.92. The van der Waals surface area contributed by atoms with Gasteiger partial charge in [0.1, 0.15) is 6.61 Å². The van der Waals surface area contributed by atoms with Gasteiger partial charge in [-0.25, -0.2) is 0 Å². The number of piperidine rings is 1. The van der Waals surface area contributed by atoms with Gasteiger partial charge in [-0.15, -0.1) is 0 Å². The van der Waals surface area contributed by atoms with Gasteiger partial charge in [0.05, 0.1) is 13.2 Å². The molecule has 1 aliphatic rings. The van der Waals surface area contributed by atoms with Gasteiger partial charge in [0, 0.05) is 25.6 Å². The molecule has 1 heterocycles. The summed E-state index contributed by atoms with van der Waals surface area (Å²) in [5, 5.41) is 0. The largest absolute Gasteiger partial charge is 0.382 e. The van der Waals surface area contributed by atoms with Gasteiger partial charge in [0.15, 0.2) is 0 Å². The lowest BCUT2D eigenvalue weighted by Gasteiger charge is -2.41. The molecule has 1 aliphatic heterocycles. The van der Waals surface area contributed by atoms with E-state index in [-0.39, 0.29) is 17.9 Å². The van der Waals surface area contributed by atoms with Crippen molar-refractivity contribution in [1.29, 1.82) is 0 Å². The minimum atomic E-state index is 0.0434. The molecule has 4 nitrogen and oxygen atoms in total. The highest BCUT2D eigenvalue weighted by Gasteiger charge is 2.34. The maximum absolute atomic E-state index is 12.2. The Balaban J connectivity index is 1.92. The van der Waals surface area contributed by atoms with Gasteiger partial charge >= 0.3 is 0 Å². The van der Waals surface area contributed by atoms with E-state index in [1.807, 2.05) is 11.0 Å². The lowest BCUT2D eigenvalue weighted by molar-refractivity contribution is -0.138. The highest BCUT2D eigenvalue weighted by Crippen LogP contribution is 2.33. The van der Waals surface area contributed by atoms with E-state index in [1.165, 1.54) is 5.56 Å². The summed E-state index contributed by atoms with van der Waals surface area (Å²) in [6.07, 6.45) is 2.15. The standard InChI is InChI=1S/C17H25NO3/c1-17(15-7-4-3-5-8-15)9-6-10-18(14-17)16(19)13-21-12-11-20-2/h3-5,7-8H,6,9-14H2,1-2H3. The van der Waals surface area contributed by atoms with Crippen LogP contribution in [-0.4, -0.2) is 50.8 Å². The van der Waals surface area contributed by atoms with E-state index in [4.69, 9.17) is 9.47 Å². The molecule has 1 fully saturated rings. The maximum atomic E-state index is 12.2. The van der Waals surface area contributed by atoms with Crippen LogP contribution in [0.3, 0.4) is 0 Å². The van der Waals surface area contributed by atoms with Crippen LogP contribution in [0.15, 0.2) is 30.3 Å². The second-order valence-electron chi connectivity index (χ2n) is 5.89. The molecule has 21 heavy (non-hydrogen) atoms. The van der Waals surface area contributed by atoms with Gasteiger partial charge < -0.3 is 14.4 Å². The third-order valence-corrected chi connectivity index (χ3v) is 4.18. The van der Waals surface area contributed by atoms with E-state index in [0.717, 1.165) is 25.9 Å². The number of carbonyl (C=O) groups excluding carboxylic acids is 1. The van der Waals surface area contributed by atoms with Crippen molar-refractivity contribution in [3.8, 4) is 0 Å². The van der Waals surface area contributed by atoms with Crippen molar-refractivity contribution >= 4 is 5.91 Å². The van der Waals surface area contributed by atoms with Crippen LogP contribution in [0.1, 0.15) is 25.3 Å². The first kappa shape index (κ1) is 16.0. The first-order chi connectivity index (χ1) is 10.2. The number of carbonyl (C=O) groups is 1. The van der Waals surface area contributed by atoms with Crippen LogP contribution in [-0.2, 0) is 19.7 Å². The number of rotatable bonds is 6. The van der Waals surface area contributed by atoms with Crippen LogP contribution < -0.4 is 0 Å². The Morgan fingerprint density at radius 1 is 1.29 bits per heavy atom. The first-order valence-corrected chi connectivity index (χ1v) is 7.56. The van der Waals surface area contributed by atoms with Crippen molar-refractivity contribution < 1.29 is 14.3 Å². The predicted octanol–water partition coefficient (Wildman–Crippen LogP) is 2.23. The van der Waals surface area contributed by atoms with E-state index >= 15 is 0 Å². The molecule has 1 amide bonds. The summed E-state index contributed by atoms with van der Waals surface area (Å²) in [4.78, 5) is 14.2. The van der Waals surface area contributed by atoms with Gasteiger partial charge in [-0.2, -0.15) is 0 Å². The molecule has 0 bridgehead atoms. The molecule has 1 aromatic carbocycles. The number of amides is 1. The molecule has 4 heteroatoms. The van der Waals surface area contributed by atoms with Crippen LogP contribution in [0.4, 0.5) is 0 Å². The number of benzene rings is 1. The molecular formula is C17H25NO3. The molecule has 1 aromatic rings. The molecule has 0 aromatic heterocycles. The highest BCUT2D eigenvalue weighted by molar-refractivity contribution is 5.77. The zero-order chi connectivity index (χ0) is 15.1. The van der Waals surface area contributed by atoms with Crippen molar-refractivity contribution in [2.24, 2.45) is 0 Å². The molecule has 0 radical (unpaired) electrons. The molecule has 0 aliphatic carbocycles. The van der Waals surface area contributed by atoms with Gasteiger partial charge in [0.2, 0.25) is 5.91 Å². The first-order valence-electron chi connectivity index (χ1n) is 7.56. The van der Waals surface area contributed by atoms with Gasteiger partial charge in [-0.1, -0.05) is 37.3 Å².